The molecule has 22 heavy (non-hydrogen) atoms. The summed E-state index contributed by atoms with van der Waals surface area (Å²) in [5, 5.41) is 4.32. The fraction of sp³-hybridized carbons (Fsp3) is 0.167. The Morgan fingerprint density at radius 1 is 1.05 bits per heavy atom. The first-order valence-corrected chi connectivity index (χ1v) is 8.03. The summed E-state index contributed by atoms with van der Waals surface area (Å²) in [7, 11) is 0. The van der Waals surface area contributed by atoms with Gasteiger partial charge in [0.1, 0.15) is 5.58 Å². The van der Waals surface area contributed by atoms with Crippen LogP contribution in [0, 0.1) is 0 Å². The van der Waals surface area contributed by atoms with E-state index in [-0.39, 0.29) is 5.63 Å². The molecule has 3 nitrogen and oxygen atoms in total. The molecular weight excluding hydrogens is 342 g/mol. The molecule has 0 saturated carbocycles. The lowest BCUT2D eigenvalue weighted by molar-refractivity contribution is 0.548. The van der Waals surface area contributed by atoms with Crippen molar-refractivity contribution in [3.8, 4) is 0 Å². The third-order valence-corrected chi connectivity index (χ3v) is 4.04. The molecule has 1 heterocycles. The van der Waals surface area contributed by atoms with Crippen molar-refractivity contribution in [3.63, 3.8) is 0 Å². The predicted molar refractivity (Wildman–Crippen MR) is 93.4 cm³/mol. The van der Waals surface area contributed by atoms with Crippen molar-refractivity contribution in [2.45, 2.75) is 12.8 Å². The molecule has 112 valence electrons. The largest absolute Gasteiger partial charge is 0.423 e. The van der Waals surface area contributed by atoms with E-state index in [1.54, 1.807) is 0 Å². The zero-order valence-electron chi connectivity index (χ0n) is 12.0. The maximum Gasteiger partial charge on any atom is 0.339 e. The molecule has 3 aromatic rings. The number of hydrogen-bond acceptors (Lipinski definition) is 3. The molecule has 0 radical (unpaired) electrons. The number of nitrogens with one attached hydrogen (secondary N) is 1. The van der Waals surface area contributed by atoms with Crippen molar-refractivity contribution in [1.82, 2.24) is 0 Å². The minimum Gasteiger partial charge on any atom is -0.423 e. The molecule has 1 aromatic heterocycles. The van der Waals surface area contributed by atoms with Gasteiger partial charge in [-0.1, -0.05) is 34.1 Å². The Labute approximate surface area is 137 Å². The van der Waals surface area contributed by atoms with Crippen LogP contribution >= 0.6 is 15.9 Å². The van der Waals surface area contributed by atoms with Gasteiger partial charge in [-0.25, -0.2) is 4.79 Å². The first kappa shape index (κ1) is 14.9. The summed E-state index contributed by atoms with van der Waals surface area (Å²) in [6, 6.07) is 17.6. The van der Waals surface area contributed by atoms with Gasteiger partial charge >= 0.3 is 5.63 Å². The number of rotatable bonds is 5. The van der Waals surface area contributed by atoms with Crippen LogP contribution in [-0.4, -0.2) is 6.54 Å². The molecule has 0 spiro atoms. The van der Waals surface area contributed by atoms with Crippen LogP contribution in [0.5, 0.6) is 0 Å². The summed E-state index contributed by atoms with van der Waals surface area (Å²) in [6.45, 7) is 0.813. The van der Waals surface area contributed by atoms with Gasteiger partial charge in [0, 0.05) is 27.7 Å². The van der Waals surface area contributed by atoms with E-state index in [2.05, 4.69) is 21.2 Å². The van der Waals surface area contributed by atoms with Crippen LogP contribution < -0.4 is 10.9 Å². The lowest BCUT2D eigenvalue weighted by Gasteiger charge is -2.06. The van der Waals surface area contributed by atoms with Crippen LogP contribution in [0.3, 0.4) is 0 Å². The second-order valence-corrected chi connectivity index (χ2v) is 6.05. The standard InChI is InChI=1S/C18H16BrNO2/c19-15-7-9-16(10-8-15)20-11-3-5-14-12-13-4-1-2-6-17(13)22-18(14)21/h1-2,4,6-10,12,20H,3,5,11H2. The van der Waals surface area contributed by atoms with E-state index in [4.69, 9.17) is 4.42 Å². The molecule has 0 aliphatic rings. The Kier molecular flexibility index (Phi) is 4.59. The predicted octanol–water partition coefficient (Wildman–Crippen LogP) is 4.60. The molecule has 0 atom stereocenters. The number of aryl methyl sites for hydroxylation is 1. The number of benzene rings is 2. The number of hydrogen-bond donors (Lipinski definition) is 1. The van der Waals surface area contributed by atoms with Crippen molar-refractivity contribution >= 4 is 32.6 Å². The molecule has 0 unspecified atom stereocenters. The van der Waals surface area contributed by atoms with Gasteiger partial charge in [0.2, 0.25) is 0 Å². The maximum absolute atomic E-state index is 11.9. The zero-order chi connectivity index (χ0) is 15.4. The first-order chi connectivity index (χ1) is 10.7. The molecule has 0 fully saturated rings. The van der Waals surface area contributed by atoms with Gasteiger partial charge in [0.05, 0.1) is 0 Å². The molecule has 4 heteroatoms. The highest BCUT2D eigenvalue weighted by Gasteiger charge is 2.04. The number of anilines is 1. The first-order valence-electron chi connectivity index (χ1n) is 7.23. The SMILES string of the molecule is O=c1oc2ccccc2cc1CCCNc1ccc(Br)cc1. The number of halogens is 1. The third-order valence-electron chi connectivity index (χ3n) is 3.51. The quantitative estimate of drug-likeness (QED) is 0.535. The average molecular weight is 358 g/mol. The Morgan fingerprint density at radius 2 is 1.82 bits per heavy atom. The lowest BCUT2D eigenvalue weighted by atomic mass is 10.1. The Hall–Kier alpha value is -2.07. The van der Waals surface area contributed by atoms with Crippen LogP contribution in [-0.2, 0) is 6.42 Å². The maximum atomic E-state index is 11.9. The van der Waals surface area contributed by atoms with E-state index in [1.165, 1.54) is 0 Å². The number of para-hydroxylation sites is 1. The van der Waals surface area contributed by atoms with Gasteiger partial charge in [-0.05, 0) is 49.2 Å². The van der Waals surface area contributed by atoms with E-state index >= 15 is 0 Å². The molecule has 0 aliphatic carbocycles. The molecule has 0 bridgehead atoms. The summed E-state index contributed by atoms with van der Waals surface area (Å²) >= 11 is 3.41. The van der Waals surface area contributed by atoms with Crippen LogP contribution in [0.15, 0.2) is 68.3 Å². The highest BCUT2D eigenvalue weighted by Crippen LogP contribution is 2.15. The molecule has 0 aliphatic heterocycles. The van der Waals surface area contributed by atoms with Gasteiger partial charge in [-0.15, -0.1) is 0 Å². The second kappa shape index (κ2) is 6.79. The van der Waals surface area contributed by atoms with Crippen molar-refractivity contribution in [2.24, 2.45) is 0 Å². The Bertz CT molecular complexity index is 824. The summed E-state index contributed by atoms with van der Waals surface area (Å²) in [5.41, 5.74) is 2.22. The van der Waals surface area contributed by atoms with Gasteiger partial charge in [0.15, 0.2) is 0 Å². The summed E-state index contributed by atoms with van der Waals surface area (Å²) < 4.78 is 6.40. The smallest absolute Gasteiger partial charge is 0.339 e. The summed E-state index contributed by atoms with van der Waals surface area (Å²) in [5.74, 6) is 0. The molecule has 3 rings (SSSR count). The average Bonchev–Trinajstić information content (AvgIpc) is 2.53. The van der Waals surface area contributed by atoms with Gasteiger partial charge < -0.3 is 9.73 Å². The van der Waals surface area contributed by atoms with Crippen molar-refractivity contribution in [1.29, 1.82) is 0 Å². The van der Waals surface area contributed by atoms with E-state index in [0.717, 1.165) is 34.1 Å². The zero-order valence-corrected chi connectivity index (χ0v) is 13.6. The van der Waals surface area contributed by atoms with E-state index < -0.39 is 0 Å². The second-order valence-electron chi connectivity index (χ2n) is 5.13. The third kappa shape index (κ3) is 3.57. The van der Waals surface area contributed by atoms with Gasteiger partial charge in [-0.2, -0.15) is 0 Å². The topological polar surface area (TPSA) is 42.2 Å². The normalized spacial score (nSPS) is 10.8. The molecule has 0 amide bonds. The monoisotopic (exact) mass is 357 g/mol. The van der Waals surface area contributed by atoms with Crippen LogP contribution in [0.2, 0.25) is 0 Å². The fourth-order valence-electron chi connectivity index (χ4n) is 2.36. The minimum atomic E-state index is -0.234. The van der Waals surface area contributed by atoms with Crippen molar-refractivity contribution in [2.75, 3.05) is 11.9 Å². The van der Waals surface area contributed by atoms with Crippen molar-refractivity contribution < 1.29 is 4.42 Å². The Balaban J connectivity index is 1.60. The lowest BCUT2D eigenvalue weighted by Crippen LogP contribution is -2.10. The number of fused-ring (bicyclic) bond motifs is 1. The van der Waals surface area contributed by atoms with Gasteiger partial charge in [0.25, 0.3) is 0 Å². The molecule has 1 N–H and O–H groups in total. The molecule has 2 aromatic carbocycles. The highest BCUT2D eigenvalue weighted by atomic mass is 79.9. The highest BCUT2D eigenvalue weighted by molar-refractivity contribution is 9.10. The van der Waals surface area contributed by atoms with Crippen LogP contribution in [0.4, 0.5) is 5.69 Å². The summed E-state index contributed by atoms with van der Waals surface area (Å²) in [4.78, 5) is 11.9. The Morgan fingerprint density at radius 3 is 2.64 bits per heavy atom. The van der Waals surface area contributed by atoms with Crippen molar-refractivity contribution in [3.05, 3.63) is 75.1 Å². The molecular formula is C18H16BrNO2. The van der Waals surface area contributed by atoms with E-state index in [9.17, 15) is 4.79 Å². The van der Waals surface area contributed by atoms with E-state index in [1.807, 2.05) is 54.6 Å². The summed E-state index contributed by atoms with van der Waals surface area (Å²) in [6.07, 6.45) is 1.58. The van der Waals surface area contributed by atoms with Gasteiger partial charge in [-0.3, -0.25) is 0 Å². The van der Waals surface area contributed by atoms with Crippen LogP contribution in [0.1, 0.15) is 12.0 Å². The van der Waals surface area contributed by atoms with E-state index in [0.29, 0.717) is 12.0 Å². The minimum absolute atomic E-state index is 0.234. The van der Waals surface area contributed by atoms with Crippen LogP contribution in [0.25, 0.3) is 11.0 Å². The fourth-order valence-corrected chi connectivity index (χ4v) is 2.62. The molecule has 0 saturated heterocycles.